The van der Waals surface area contributed by atoms with Gasteiger partial charge in [-0.3, -0.25) is 9.36 Å². The molecule has 1 unspecified atom stereocenters. The second kappa shape index (κ2) is 10.9. The summed E-state index contributed by atoms with van der Waals surface area (Å²) in [6, 6.07) is 24.9. The van der Waals surface area contributed by atoms with Crippen LogP contribution in [0.25, 0.3) is 5.69 Å². The van der Waals surface area contributed by atoms with Gasteiger partial charge in [-0.2, -0.15) is 0 Å². The van der Waals surface area contributed by atoms with Crippen LogP contribution in [0.2, 0.25) is 0 Å². The molecule has 0 saturated heterocycles. The zero-order valence-electron chi connectivity index (χ0n) is 19.3. The second-order valence-corrected chi connectivity index (χ2v) is 8.54. The summed E-state index contributed by atoms with van der Waals surface area (Å²) in [5, 5.41) is 12.4. The number of benzene rings is 3. The van der Waals surface area contributed by atoms with Crippen LogP contribution in [0.15, 0.2) is 84.0 Å². The Bertz CT molecular complexity index is 1240. The zero-order chi connectivity index (χ0) is 23.9. The molecule has 34 heavy (non-hydrogen) atoms. The summed E-state index contributed by atoms with van der Waals surface area (Å²) >= 11 is 1.33. The van der Waals surface area contributed by atoms with Crippen molar-refractivity contribution in [3.05, 3.63) is 90.3 Å². The average Bonchev–Trinajstić information content (AvgIpc) is 3.29. The van der Waals surface area contributed by atoms with E-state index in [0.29, 0.717) is 16.7 Å². The predicted molar refractivity (Wildman–Crippen MR) is 134 cm³/mol. The summed E-state index contributed by atoms with van der Waals surface area (Å²) in [5.74, 6) is 2.19. The van der Waals surface area contributed by atoms with E-state index < -0.39 is 0 Å². The third kappa shape index (κ3) is 5.58. The molecular weight excluding hydrogens is 448 g/mol. The van der Waals surface area contributed by atoms with Crippen LogP contribution in [-0.2, 0) is 4.79 Å². The first kappa shape index (κ1) is 23.4. The number of carbonyl (C=O) groups is 1. The Labute approximate surface area is 203 Å². The van der Waals surface area contributed by atoms with Gasteiger partial charge in [-0.1, -0.05) is 48.2 Å². The van der Waals surface area contributed by atoms with E-state index in [2.05, 4.69) is 15.5 Å². The lowest BCUT2D eigenvalue weighted by molar-refractivity contribution is -0.113. The molecule has 1 aromatic heterocycles. The molecule has 7 nitrogen and oxygen atoms in total. The number of thioether (sulfide) groups is 1. The van der Waals surface area contributed by atoms with Crippen molar-refractivity contribution >= 4 is 23.4 Å². The van der Waals surface area contributed by atoms with Crippen molar-refractivity contribution in [1.82, 2.24) is 14.8 Å². The van der Waals surface area contributed by atoms with E-state index in [0.717, 1.165) is 22.7 Å². The molecule has 4 rings (SSSR count). The number of ether oxygens (including phenoxy) is 2. The third-order valence-corrected chi connectivity index (χ3v) is 6.09. The van der Waals surface area contributed by atoms with Crippen LogP contribution in [0.1, 0.15) is 24.4 Å². The van der Waals surface area contributed by atoms with Gasteiger partial charge in [0.05, 0.1) is 12.9 Å². The third-order valence-electron chi connectivity index (χ3n) is 5.16. The van der Waals surface area contributed by atoms with Crippen molar-refractivity contribution < 1.29 is 14.3 Å². The van der Waals surface area contributed by atoms with Gasteiger partial charge in [-0.25, -0.2) is 0 Å². The fourth-order valence-corrected chi connectivity index (χ4v) is 4.16. The molecule has 0 aliphatic heterocycles. The van der Waals surface area contributed by atoms with Gasteiger partial charge in [-0.15, -0.1) is 10.2 Å². The number of rotatable bonds is 9. The van der Waals surface area contributed by atoms with Crippen LogP contribution in [0, 0.1) is 6.92 Å². The van der Waals surface area contributed by atoms with Crippen LogP contribution in [0.4, 0.5) is 5.69 Å². The molecule has 0 aliphatic rings. The number of nitrogens with one attached hydrogen (secondary N) is 1. The van der Waals surface area contributed by atoms with E-state index in [1.807, 2.05) is 97.3 Å². The highest BCUT2D eigenvalue weighted by molar-refractivity contribution is 7.99. The first-order valence-electron chi connectivity index (χ1n) is 10.8. The topological polar surface area (TPSA) is 78.3 Å². The van der Waals surface area contributed by atoms with Crippen molar-refractivity contribution in [2.45, 2.75) is 25.1 Å². The molecule has 1 N–H and O–H groups in total. The fourth-order valence-electron chi connectivity index (χ4n) is 3.40. The molecular formula is C26H26N4O3S. The Balaban J connectivity index is 1.53. The van der Waals surface area contributed by atoms with Crippen molar-refractivity contribution in [3.8, 4) is 17.2 Å². The molecule has 8 heteroatoms. The van der Waals surface area contributed by atoms with Crippen molar-refractivity contribution in [2.75, 3.05) is 18.2 Å². The zero-order valence-corrected chi connectivity index (χ0v) is 20.1. The van der Waals surface area contributed by atoms with Crippen LogP contribution in [0.3, 0.4) is 0 Å². The van der Waals surface area contributed by atoms with Crippen LogP contribution >= 0.6 is 11.8 Å². The molecule has 174 valence electrons. The number of methoxy groups -OCH3 is 1. The van der Waals surface area contributed by atoms with Crippen LogP contribution in [-0.4, -0.2) is 33.5 Å². The molecule has 3 aromatic carbocycles. The highest BCUT2D eigenvalue weighted by Crippen LogP contribution is 2.28. The number of hydrogen-bond donors (Lipinski definition) is 1. The standard InChI is InChI=1S/C26H26N4O3S/c1-18-9-7-8-12-23(18)27-24(31)17-34-26-29-28-25(30(26)20-10-5-4-6-11-20)19(2)33-22-15-13-21(32-3)14-16-22/h4-16,19H,17H2,1-3H3,(H,27,31). The molecule has 0 bridgehead atoms. The maximum Gasteiger partial charge on any atom is 0.234 e. The molecule has 1 atom stereocenters. The lowest BCUT2D eigenvalue weighted by Gasteiger charge is -2.17. The minimum absolute atomic E-state index is 0.106. The number of nitrogens with zero attached hydrogens (tertiary/aromatic N) is 3. The molecule has 1 amide bonds. The van der Waals surface area contributed by atoms with Gasteiger partial charge >= 0.3 is 0 Å². The first-order valence-corrected chi connectivity index (χ1v) is 11.8. The minimum Gasteiger partial charge on any atom is -0.497 e. The maximum absolute atomic E-state index is 12.6. The lowest BCUT2D eigenvalue weighted by Crippen LogP contribution is -2.16. The van der Waals surface area contributed by atoms with Crippen LogP contribution in [0.5, 0.6) is 11.5 Å². The summed E-state index contributed by atoms with van der Waals surface area (Å²) in [6.45, 7) is 3.89. The van der Waals surface area contributed by atoms with E-state index in [-0.39, 0.29) is 17.8 Å². The SMILES string of the molecule is COc1ccc(OC(C)c2nnc(SCC(=O)Nc3ccccc3C)n2-c2ccccc2)cc1. The van der Waals surface area contributed by atoms with E-state index >= 15 is 0 Å². The predicted octanol–water partition coefficient (Wildman–Crippen LogP) is 5.46. The molecule has 0 fully saturated rings. The summed E-state index contributed by atoms with van der Waals surface area (Å²) < 4.78 is 13.3. The summed E-state index contributed by atoms with van der Waals surface area (Å²) in [6.07, 6.45) is -0.378. The van der Waals surface area contributed by atoms with Crippen molar-refractivity contribution in [3.63, 3.8) is 0 Å². The normalized spacial score (nSPS) is 11.6. The molecule has 0 aliphatic carbocycles. The van der Waals surface area contributed by atoms with Gasteiger partial charge in [0.15, 0.2) is 17.1 Å². The minimum atomic E-state index is -0.378. The van der Waals surface area contributed by atoms with Gasteiger partial charge < -0.3 is 14.8 Å². The molecule has 0 spiro atoms. The summed E-state index contributed by atoms with van der Waals surface area (Å²) in [7, 11) is 1.63. The largest absolute Gasteiger partial charge is 0.497 e. The lowest BCUT2D eigenvalue weighted by atomic mass is 10.2. The average molecular weight is 475 g/mol. The first-order chi connectivity index (χ1) is 16.5. The van der Waals surface area contributed by atoms with E-state index in [1.165, 1.54) is 11.8 Å². The molecule has 1 heterocycles. The van der Waals surface area contributed by atoms with Crippen LogP contribution < -0.4 is 14.8 Å². The smallest absolute Gasteiger partial charge is 0.234 e. The van der Waals surface area contributed by atoms with Gasteiger partial charge in [0.2, 0.25) is 5.91 Å². The number of anilines is 1. The highest BCUT2D eigenvalue weighted by atomic mass is 32.2. The second-order valence-electron chi connectivity index (χ2n) is 7.60. The molecule has 4 aromatic rings. The van der Waals surface area contributed by atoms with Gasteiger partial charge in [0.1, 0.15) is 11.5 Å². The number of aromatic nitrogens is 3. The Morgan fingerprint density at radius 3 is 2.35 bits per heavy atom. The Morgan fingerprint density at radius 1 is 0.971 bits per heavy atom. The van der Waals surface area contributed by atoms with Crippen molar-refractivity contribution in [2.24, 2.45) is 0 Å². The molecule has 0 radical (unpaired) electrons. The quantitative estimate of drug-likeness (QED) is 0.325. The van der Waals surface area contributed by atoms with Gasteiger partial charge in [-0.05, 0) is 61.9 Å². The van der Waals surface area contributed by atoms with Crippen molar-refractivity contribution in [1.29, 1.82) is 0 Å². The Morgan fingerprint density at radius 2 is 1.65 bits per heavy atom. The number of hydrogen-bond acceptors (Lipinski definition) is 6. The van der Waals surface area contributed by atoms with Gasteiger partial charge in [0, 0.05) is 11.4 Å². The Hall–Kier alpha value is -3.78. The number of aryl methyl sites for hydroxylation is 1. The van der Waals surface area contributed by atoms with E-state index in [9.17, 15) is 4.79 Å². The maximum atomic E-state index is 12.6. The monoisotopic (exact) mass is 474 g/mol. The number of carbonyl (C=O) groups excluding carboxylic acids is 1. The van der Waals surface area contributed by atoms with E-state index in [1.54, 1.807) is 7.11 Å². The fraction of sp³-hybridized carbons (Fsp3) is 0.192. The number of para-hydroxylation sites is 2. The van der Waals surface area contributed by atoms with E-state index in [4.69, 9.17) is 9.47 Å². The summed E-state index contributed by atoms with van der Waals surface area (Å²) in [4.78, 5) is 12.6. The summed E-state index contributed by atoms with van der Waals surface area (Å²) in [5.41, 5.74) is 2.72. The van der Waals surface area contributed by atoms with Gasteiger partial charge in [0.25, 0.3) is 0 Å². The Kier molecular flexibility index (Phi) is 7.49. The number of amides is 1. The molecule has 0 saturated carbocycles. The highest BCUT2D eigenvalue weighted by Gasteiger charge is 2.21.